The van der Waals surface area contributed by atoms with Crippen LogP contribution in [0.3, 0.4) is 0 Å². The maximum atomic E-state index is 13.1. The summed E-state index contributed by atoms with van der Waals surface area (Å²) in [6.45, 7) is 2.93. The van der Waals surface area contributed by atoms with Crippen molar-refractivity contribution in [1.82, 2.24) is 30.2 Å². The predicted molar refractivity (Wildman–Crippen MR) is 123 cm³/mol. The molecule has 1 aliphatic heterocycles. The molecule has 0 atom stereocenters. The smallest absolute Gasteiger partial charge is 0.314 e. The molecule has 2 N–H and O–H groups in total. The number of aromatic hydroxyl groups is 1. The molecular weight excluding hydrogens is 442 g/mol. The highest BCUT2D eigenvalue weighted by Crippen LogP contribution is 2.34. The van der Waals surface area contributed by atoms with Gasteiger partial charge in [-0.15, -0.1) is 11.3 Å². The minimum atomic E-state index is -0.279. The quantitative estimate of drug-likeness (QED) is 0.442. The van der Waals surface area contributed by atoms with Crippen LogP contribution in [-0.2, 0) is 11.2 Å². The second-order valence-corrected chi connectivity index (χ2v) is 8.23. The molecule has 168 valence electrons. The van der Waals surface area contributed by atoms with E-state index in [9.17, 15) is 9.90 Å². The zero-order valence-corrected chi connectivity index (χ0v) is 18.5. The second kappa shape index (κ2) is 9.43. The van der Waals surface area contributed by atoms with Gasteiger partial charge in [0.05, 0.1) is 24.2 Å². The largest absolute Gasteiger partial charge is 0.479 e. The fourth-order valence-corrected chi connectivity index (χ4v) is 4.54. The van der Waals surface area contributed by atoms with Gasteiger partial charge >= 0.3 is 6.01 Å². The first kappa shape index (κ1) is 21.2. The molecule has 0 radical (unpaired) electrons. The third-order valence-electron chi connectivity index (χ3n) is 5.23. The van der Waals surface area contributed by atoms with Gasteiger partial charge in [0.1, 0.15) is 16.3 Å². The van der Waals surface area contributed by atoms with Crippen molar-refractivity contribution in [3.63, 3.8) is 0 Å². The number of rotatable bonds is 6. The van der Waals surface area contributed by atoms with Crippen LogP contribution in [0, 0.1) is 0 Å². The molecular formula is C22H21N7O3S. The van der Waals surface area contributed by atoms with Gasteiger partial charge in [-0.05, 0) is 18.2 Å². The van der Waals surface area contributed by atoms with Gasteiger partial charge in [-0.2, -0.15) is 0 Å². The summed E-state index contributed by atoms with van der Waals surface area (Å²) in [6.07, 6.45) is 3.67. The van der Waals surface area contributed by atoms with Crippen LogP contribution in [0.4, 0.5) is 5.82 Å². The van der Waals surface area contributed by atoms with Crippen molar-refractivity contribution >= 4 is 33.3 Å². The van der Waals surface area contributed by atoms with Gasteiger partial charge in [0.2, 0.25) is 0 Å². The van der Waals surface area contributed by atoms with Gasteiger partial charge in [-0.3, -0.25) is 9.78 Å². The van der Waals surface area contributed by atoms with Gasteiger partial charge in [-0.25, -0.2) is 19.9 Å². The Balaban J connectivity index is 1.45. The highest BCUT2D eigenvalue weighted by atomic mass is 32.1. The third kappa shape index (κ3) is 4.59. The van der Waals surface area contributed by atoms with E-state index in [0.717, 1.165) is 16.0 Å². The molecule has 1 aliphatic rings. The zero-order valence-electron chi connectivity index (χ0n) is 17.6. The van der Waals surface area contributed by atoms with E-state index in [2.05, 4.69) is 25.2 Å². The van der Waals surface area contributed by atoms with Crippen LogP contribution in [0.15, 0.2) is 42.0 Å². The maximum Gasteiger partial charge on any atom is 0.314 e. The lowest BCUT2D eigenvalue weighted by Crippen LogP contribution is -2.37. The standard InChI is InChI=1S/C22H21N7O3S/c30-20(24-7-4-14-5-8-25-22(31)26-14)15-13-33-21-17(15)19(29-9-11-32-12-10-29)27-18(28-21)16-3-1-2-6-23-16/h1-3,5-6,8,13H,4,7,9-12H2,(H,24,30)(H,25,26,31). The van der Waals surface area contributed by atoms with E-state index in [0.29, 0.717) is 62.0 Å². The molecule has 0 spiro atoms. The van der Waals surface area contributed by atoms with Gasteiger partial charge in [0, 0.05) is 49.5 Å². The summed E-state index contributed by atoms with van der Waals surface area (Å²) in [5.41, 5.74) is 1.87. The van der Waals surface area contributed by atoms with Crippen LogP contribution in [0.2, 0.25) is 0 Å². The molecule has 0 unspecified atom stereocenters. The Labute approximate surface area is 193 Å². The summed E-state index contributed by atoms with van der Waals surface area (Å²) in [4.78, 5) is 37.5. The Kier molecular flexibility index (Phi) is 6.05. The molecule has 0 aliphatic carbocycles. The summed E-state index contributed by atoms with van der Waals surface area (Å²) in [5.74, 6) is 1.04. The summed E-state index contributed by atoms with van der Waals surface area (Å²) in [5, 5.41) is 14.9. The normalized spacial score (nSPS) is 13.9. The van der Waals surface area contributed by atoms with Crippen molar-refractivity contribution in [2.45, 2.75) is 6.42 Å². The van der Waals surface area contributed by atoms with Gasteiger partial charge < -0.3 is 20.1 Å². The van der Waals surface area contributed by atoms with E-state index in [1.807, 2.05) is 23.6 Å². The number of nitrogens with zero attached hydrogens (tertiary/aromatic N) is 6. The van der Waals surface area contributed by atoms with Crippen molar-refractivity contribution in [3.8, 4) is 17.5 Å². The Morgan fingerprint density at radius 2 is 2.00 bits per heavy atom. The van der Waals surface area contributed by atoms with Crippen LogP contribution >= 0.6 is 11.3 Å². The Bertz CT molecular complexity index is 1280. The molecule has 4 aromatic rings. The number of hydrogen-bond acceptors (Lipinski definition) is 10. The number of carbonyl (C=O) groups excluding carboxylic acids is 1. The second-order valence-electron chi connectivity index (χ2n) is 7.37. The summed E-state index contributed by atoms with van der Waals surface area (Å²) in [6, 6.07) is 7.04. The molecule has 33 heavy (non-hydrogen) atoms. The number of morpholine rings is 1. The Hall–Kier alpha value is -3.70. The molecule has 1 saturated heterocycles. The molecule has 5 rings (SSSR count). The van der Waals surface area contributed by atoms with Crippen molar-refractivity contribution < 1.29 is 14.6 Å². The molecule has 0 saturated carbocycles. The predicted octanol–water partition coefficient (Wildman–Crippen LogP) is 2.06. The number of aromatic nitrogens is 5. The summed E-state index contributed by atoms with van der Waals surface area (Å²) >= 11 is 1.41. The van der Waals surface area contributed by atoms with Crippen molar-refractivity contribution in [2.75, 3.05) is 37.7 Å². The molecule has 1 fully saturated rings. The van der Waals surface area contributed by atoms with Crippen LogP contribution in [0.25, 0.3) is 21.7 Å². The third-order valence-corrected chi connectivity index (χ3v) is 6.10. The molecule has 11 heteroatoms. The number of fused-ring (bicyclic) bond motifs is 1. The highest BCUT2D eigenvalue weighted by molar-refractivity contribution is 7.17. The van der Waals surface area contributed by atoms with Crippen molar-refractivity contribution in [2.24, 2.45) is 0 Å². The fourth-order valence-electron chi connectivity index (χ4n) is 3.63. The molecule has 0 bridgehead atoms. The summed E-state index contributed by atoms with van der Waals surface area (Å²) < 4.78 is 5.51. The first-order chi connectivity index (χ1) is 16.2. The number of hydrogen-bond donors (Lipinski definition) is 2. The van der Waals surface area contributed by atoms with E-state index in [1.54, 1.807) is 12.3 Å². The Morgan fingerprint density at radius 1 is 1.12 bits per heavy atom. The molecule has 0 aromatic carbocycles. The van der Waals surface area contributed by atoms with Gasteiger partial charge in [-0.1, -0.05) is 6.07 Å². The number of ether oxygens (including phenoxy) is 1. The summed E-state index contributed by atoms with van der Waals surface area (Å²) in [7, 11) is 0. The van der Waals surface area contributed by atoms with Crippen LogP contribution in [0.5, 0.6) is 6.01 Å². The van der Waals surface area contributed by atoms with Crippen LogP contribution in [-0.4, -0.2) is 68.8 Å². The SMILES string of the molecule is O=C(NCCc1ccnc(O)n1)c1csc2nc(-c3ccccn3)nc(N3CCOCC3)c12. The van der Waals surface area contributed by atoms with Crippen molar-refractivity contribution in [3.05, 3.63) is 53.3 Å². The lowest BCUT2D eigenvalue weighted by molar-refractivity contribution is 0.0956. The number of amides is 1. The number of carbonyl (C=O) groups is 1. The fraction of sp³-hybridized carbons (Fsp3) is 0.273. The number of nitrogens with one attached hydrogen (secondary N) is 1. The Morgan fingerprint density at radius 3 is 2.79 bits per heavy atom. The average molecular weight is 464 g/mol. The van der Waals surface area contributed by atoms with Gasteiger partial charge in [0.25, 0.3) is 5.91 Å². The molecule has 1 amide bonds. The zero-order chi connectivity index (χ0) is 22.6. The number of pyridine rings is 1. The minimum absolute atomic E-state index is 0.205. The average Bonchev–Trinajstić information content (AvgIpc) is 3.29. The first-order valence-electron chi connectivity index (χ1n) is 10.5. The first-order valence-corrected chi connectivity index (χ1v) is 11.4. The van der Waals surface area contributed by atoms with E-state index in [4.69, 9.17) is 14.7 Å². The van der Waals surface area contributed by atoms with E-state index >= 15 is 0 Å². The van der Waals surface area contributed by atoms with Crippen molar-refractivity contribution in [1.29, 1.82) is 0 Å². The van der Waals surface area contributed by atoms with Gasteiger partial charge in [0.15, 0.2) is 5.82 Å². The van der Waals surface area contributed by atoms with Crippen LogP contribution < -0.4 is 10.2 Å². The minimum Gasteiger partial charge on any atom is -0.479 e. The maximum absolute atomic E-state index is 13.1. The monoisotopic (exact) mass is 463 g/mol. The topological polar surface area (TPSA) is 126 Å². The lowest BCUT2D eigenvalue weighted by Gasteiger charge is -2.28. The molecule has 5 heterocycles. The highest BCUT2D eigenvalue weighted by Gasteiger charge is 2.24. The van der Waals surface area contributed by atoms with E-state index < -0.39 is 0 Å². The number of anilines is 1. The molecule has 10 nitrogen and oxygen atoms in total. The van der Waals surface area contributed by atoms with E-state index in [-0.39, 0.29) is 11.9 Å². The molecule has 4 aromatic heterocycles. The lowest BCUT2D eigenvalue weighted by atomic mass is 10.2. The van der Waals surface area contributed by atoms with E-state index in [1.165, 1.54) is 17.5 Å². The van der Waals surface area contributed by atoms with Crippen LogP contribution in [0.1, 0.15) is 16.1 Å². The number of thiophene rings is 1.